The van der Waals surface area contributed by atoms with Crippen molar-refractivity contribution in [1.29, 1.82) is 5.26 Å². The number of nitrogens with one attached hydrogen (secondary N) is 1. The second kappa shape index (κ2) is 8.82. The molecule has 7 heteroatoms. The molecular formula is C21H19FN4O2. The van der Waals surface area contributed by atoms with E-state index in [0.29, 0.717) is 30.0 Å². The fourth-order valence-corrected chi connectivity index (χ4v) is 2.70. The zero-order valence-corrected chi connectivity index (χ0v) is 15.6. The Morgan fingerprint density at radius 2 is 1.93 bits per heavy atom. The Balaban J connectivity index is 1.75. The van der Waals surface area contributed by atoms with Crippen LogP contribution in [0.4, 0.5) is 10.2 Å². The Morgan fingerprint density at radius 3 is 2.64 bits per heavy atom. The molecule has 28 heavy (non-hydrogen) atoms. The van der Waals surface area contributed by atoms with Crippen molar-refractivity contribution in [3.05, 3.63) is 65.5 Å². The molecular weight excluding hydrogens is 359 g/mol. The van der Waals surface area contributed by atoms with Gasteiger partial charge in [0, 0.05) is 18.2 Å². The van der Waals surface area contributed by atoms with Crippen LogP contribution >= 0.6 is 0 Å². The van der Waals surface area contributed by atoms with E-state index in [-0.39, 0.29) is 17.6 Å². The molecule has 0 aliphatic rings. The van der Waals surface area contributed by atoms with Crippen molar-refractivity contribution in [3.8, 4) is 29.1 Å². The van der Waals surface area contributed by atoms with Gasteiger partial charge in [-0.15, -0.1) is 0 Å². The minimum absolute atomic E-state index is 0.220. The lowest BCUT2D eigenvalue weighted by molar-refractivity contribution is 0.381. The molecule has 6 nitrogen and oxygen atoms in total. The van der Waals surface area contributed by atoms with Gasteiger partial charge >= 0.3 is 6.01 Å². The van der Waals surface area contributed by atoms with Gasteiger partial charge in [-0.3, -0.25) is 0 Å². The van der Waals surface area contributed by atoms with Gasteiger partial charge in [-0.1, -0.05) is 18.2 Å². The molecule has 0 bridgehead atoms. The monoisotopic (exact) mass is 378 g/mol. The van der Waals surface area contributed by atoms with E-state index in [1.54, 1.807) is 30.3 Å². The van der Waals surface area contributed by atoms with Crippen LogP contribution in [-0.2, 0) is 6.42 Å². The van der Waals surface area contributed by atoms with Gasteiger partial charge in [-0.25, -0.2) is 4.39 Å². The van der Waals surface area contributed by atoms with Crippen molar-refractivity contribution in [2.45, 2.75) is 6.42 Å². The molecule has 0 saturated carbocycles. The summed E-state index contributed by atoms with van der Waals surface area (Å²) in [6.07, 6.45) is 0.604. The summed E-state index contributed by atoms with van der Waals surface area (Å²) in [4.78, 5) is 8.64. The summed E-state index contributed by atoms with van der Waals surface area (Å²) >= 11 is 0. The normalized spacial score (nSPS) is 10.2. The van der Waals surface area contributed by atoms with Gasteiger partial charge in [-0.2, -0.15) is 15.2 Å². The first-order chi connectivity index (χ1) is 13.6. The number of rotatable bonds is 7. The molecule has 0 aliphatic carbocycles. The summed E-state index contributed by atoms with van der Waals surface area (Å²) in [6, 6.07) is 16.2. The fourth-order valence-electron chi connectivity index (χ4n) is 2.70. The van der Waals surface area contributed by atoms with Gasteiger partial charge in [0.1, 0.15) is 5.82 Å². The summed E-state index contributed by atoms with van der Waals surface area (Å²) in [5, 5.41) is 12.3. The standard InChI is InChI=1S/C21H19FN4O2/c1-27-19-7-6-14(11-17(19)22)8-9-24-20-12-18(25-21(26-20)28-2)16-5-3-4-15(10-16)13-23/h3-7,10-12H,8-9H2,1-2H3,(H,24,25,26). The summed E-state index contributed by atoms with van der Waals surface area (Å²) < 4.78 is 23.9. The topological polar surface area (TPSA) is 80.1 Å². The first-order valence-corrected chi connectivity index (χ1v) is 8.63. The molecule has 0 fully saturated rings. The molecule has 142 valence electrons. The van der Waals surface area contributed by atoms with E-state index in [1.165, 1.54) is 20.3 Å². The van der Waals surface area contributed by atoms with Crippen LogP contribution < -0.4 is 14.8 Å². The largest absolute Gasteiger partial charge is 0.494 e. The highest BCUT2D eigenvalue weighted by Gasteiger charge is 2.08. The van der Waals surface area contributed by atoms with Crippen molar-refractivity contribution in [2.75, 3.05) is 26.1 Å². The zero-order valence-electron chi connectivity index (χ0n) is 15.6. The van der Waals surface area contributed by atoms with Crippen LogP contribution in [0.1, 0.15) is 11.1 Å². The van der Waals surface area contributed by atoms with E-state index in [1.807, 2.05) is 12.1 Å². The molecule has 3 rings (SSSR count). The van der Waals surface area contributed by atoms with E-state index in [4.69, 9.17) is 14.7 Å². The Morgan fingerprint density at radius 1 is 1.07 bits per heavy atom. The lowest BCUT2D eigenvalue weighted by Crippen LogP contribution is -2.08. The third kappa shape index (κ3) is 4.54. The minimum Gasteiger partial charge on any atom is -0.494 e. The molecule has 0 aliphatic heterocycles. The Hall–Kier alpha value is -3.66. The number of hydrogen-bond acceptors (Lipinski definition) is 6. The van der Waals surface area contributed by atoms with Crippen LogP contribution in [0.2, 0.25) is 0 Å². The molecule has 3 aromatic rings. The molecule has 0 radical (unpaired) electrons. The predicted octanol–water partition coefficient (Wildman–Crippen LogP) is 3.83. The van der Waals surface area contributed by atoms with Gasteiger partial charge in [0.15, 0.2) is 11.6 Å². The van der Waals surface area contributed by atoms with E-state index >= 15 is 0 Å². The SMILES string of the molecule is COc1nc(NCCc2ccc(OC)c(F)c2)cc(-c2cccc(C#N)c2)n1. The number of benzene rings is 2. The second-order valence-corrected chi connectivity index (χ2v) is 5.96. The van der Waals surface area contributed by atoms with Gasteiger partial charge in [0.2, 0.25) is 0 Å². The van der Waals surface area contributed by atoms with Crippen LogP contribution in [0.5, 0.6) is 11.8 Å². The lowest BCUT2D eigenvalue weighted by atomic mass is 10.1. The number of ether oxygens (including phenoxy) is 2. The first kappa shape index (κ1) is 19.1. The molecule has 0 unspecified atom stereocenters. The molecule has 0 amide bonds. The van der Waals surface area contributed by atoms with Gasteiger partial charge in [0.05, 0.1) is 31.5 Å². The van der Waals surface area contributed by atoms with Crippen molar-refractivity contribution >= 4 is 5.82 Å². The number of hydrogen-bond donors (Lipinski definition) is 1. The Labute approximate surface area is 162 Å². The maximum Gasteiger partial charge on any atom is 0.318 e. The smallest absolute Gasteiger partial charge is 0.318 e. The fraction of sp³-hybridized carbons (Fsp3) is 0.190. The van der Waals surface area contributed by atoms with Crippen molar-refractivity contribution in [3.63, 3.8) is 0 Å². The van der Waals surface area contributed by atoms with E-state index in [9.17, 15) is 4.39 Å². The highest BCUT2D eigenvalue weighted by molar-refractivity contribution is 5.64. The van der Waals surface area contributed by atoms with Crippen LogP contribution in [0, 0.1) is 17.1 Å². The molecule has 1 heterocycles. The number of nitrogens with zero attached hydrogens (tertiary/aromatic N) is 3. The van der Waals surface area contributed by atoms with Crippen LogP contribution in [-0.4, -0.2) is 30.7 Å². The maximum absolute atomic E-state index is 13.8. The van der Waals surface area contributed by atoms with Gasteiger partial charge < -0.3 is 14.8 Å². The van der Waals surface area contributed by atoms with Crippen molar-refractivity contribution < 1.29 is 13.9 Å². The van der Waals surface area contributed by atoms with Gasteiger partial charge in [-0.05, 0) is 36.2 Å². The summed E-state index contributed by atoms with van der Waals surface area (Å²) in [6.45, 7) is 0.545. The highest BCUT2D eigenvalue weighted by atomic mass is 19.1. The van der Waals surface area contributed by atoms with Crippen LogP contribution in [0.3, 0.4) is 0 Å². The second-order valence-electron chi connectivity index (χ2n) is 5.96. The van der Waals surface area contributed by atoms with E-state index in [0.717, 1.165) is 11.1 Å². The lowest BCUT2D eigenvalue weighted by Gasteiger charge is -2.10. The van der Waals surface area contributed by atoms with Crippen molar-refractivity contribution in [1.82, 2.24) is 9.97 Å². The Bertz CT molecular complexity index is 1020. The maximum atomic E-state index is 13.8. The summed E-state index contributed by atoms with van der Waals surface area (Å²) in [5.41, 5.74) is 2.82. The van der Waals surface area contributed by atoms with Crippen LogP contribution in [0.15, 0.2) is 48.5 Å². The molecule has 1 N–H and O–H groups in total. The molecule has 2 aromatic carbocycles. The summed E-state index contributed by atoms with van der Waals surface area (Å²) in [7, 11) is 2.93. The average Bonchev–Trinajstić information content (AvgIpc) is 2.73. The molecule has 0 atom stereocenters. The molecule has 0 saturated heterocycles. The van der Waals surface area contributed by atoms with Crippen molar-refractivity contribution in [2.24, 2.45) is 0 Å². The minimum atomic E-state index is -0.386. The Kier molecular flexibility index (Phi) is 6.02. The number of nitriles is 1. The number of anilines is 1. The average molecular weight is 378 g/mol. The molecule has 0 spiro atoms. The first-order valence-electron chi connectivity index (χ1n) is 8.63. The number of methoxy groups -OCH3 is 2. The van der Waals surface area contributed by atoms with E-state index in [2.05, 4.69) is 21.4 Å². The van der Waals surface area contributed by atoms with E-state index < -0.39 is 0 Å². The van der Waals surface area contributed by atoms with Crippen LogP contribution in [0.25, 0.3) is 11.3 Å². The quantitative estimate of drug-likeness (QED) is 0.673. The zero-order chi connectivity index (χ0) is 19.9. The highest BCUT2D eigenvalue weighted by Crippen LogP contribution is 2.23. The van der Waals surface area contributed by atoms with Gasteiger partial charge in [0.25, 0.3) is 0 Å². The number of aromatic nitrogens is 2. The third-order valence-corrected chi connectivity index (χ3v) is 4.11. The number of halogens is 1. The predicted molar refractivity (Wildman–Crippen MR) is 104 cm³/mol. The third-order valence-electron chi connectivity index (χ3n) is 4.11. The summed E-state index contributed by atoms with van der Waals surface area (Å²) in [5.74, 6) is 0.419. The molecule has 1 aromatic heterocycles.